The molecule has 146 valence electrons. The Morgan fingerprint density at radius 2 is 1.63 bits per heavy atom. The molecule has 1 aliphatic heterocycles. The van der Waals surface area contributed by atoms with Crippen molar-refractivity contribution < 1.29 is 33.8 Å². The number of carboxylic acid groups (broad SMARTS) is 1. The third-order valence-corrected chi connectivity index (χ3v) is 4.03. The number of carboxylic acids is 1. The number of hydrogen-bond donors (Lipinski definition) is 2. The van der Waals surface area contributed by atoms with Gasteiger partial charge in [0.25, 0.3) is 0 Å². The van der Waals surface area contributed by atoms with Crippen LogP contribution in [0, 0.1) is 5.92 Å². The quantitative estimate of drug-likeness (QED) is 0.726. The molecule has 1 saturated heterocycles. The summed E-state index contributed by atoms with van der Waals surface area (Å²) in [5, 5.41) is 11.6. The molecule has 1 fully saturated rings. The van der Waals surface area contributed by atoms with Crippen molar-refractivity contribution in [2.45, 2.75) is 20.3 Å². The summed E-state index contributed by atoms with van der Waals surface area (Å²) in [6.45, 7) is 4.04. The molecule has 27 heavy (non-hydrogen) atoms. The fourth-order valence-electron chi connectivity index (χ4n) is 2.71. The summed E-state index contributed by atoms with van der Waals surface area (Å²) in [5.41, 5.74) is 0.414. The van der Waals surface area contributed by atoms with Gasteiger partial charge in [0, 0.05) is 18.8 Å². The standard InChI is InChI=1S/C18H22N2O7/c1-3-26-16(23)12-7-13(17(24)27-4-2)9-14(8-12)19-18(25)20-6-5-11(10-20)15(21)22/h7-9,11H,3-6,10H2,1-2H3,(H,19,25)(H,21,22). The lowest BCUT2D eigenvalue weighted by atomic mass is 10.1. The largest absolute Gasteiger partial charge is 0.481 e. The number of anilines is 1. The molecule has 1 aromatic carbocycles. The van der Waals surface area contributed by atoms with Gasteiger partial charge < -0.3 is 24.8 Å². The van der Waals surface area contributed by atoms with E-state index in [0.717, 1.165) is 0 Å². The molecule has 1 atom stereocenters. The highest BCUT2D eigenvalue weighted by molar-refractivity contribution is 5.99. The van der Waals surface area contributed by atoms with Crippen LogP contribution >= 0.6 is 0 Å². The third-order valence-electron chi connectivity index (χ3n) is 4.03. The Bertz CT molecular complexity index is 711. The van der Waals surface area contributed by atoms with E-state index in [-0.39, 0.29) is 36.6 Å². The van der Waals surface area contributed by atoms with Crippen LogP contribution < -0.4 is 5.32 Å². The number of benzene rings is 1. The smallest absolute Gasteiger partial charge is 0.338 e. The molecule has 9 nitrogen and oxygen atoms in total. The minimum Gasteiger partial charge on any atom is -0.481 e. The van der Waals surface area contributed by atoms with Crippen molar-refractivity contribution in [2.75, 3.05) is 31.6 Å². The molecular weight excluding hydrogens is 356 g/mol. The Morgan fingerprint density at radius 1 is 1.07 bits per heavy atom. The molecule has 0 saturated carbocycles. The summed E-state index contributed by atoms with van der Waals surface area (Å²) in [7, 11) is 0. The molecule has 1 aromatic rings. The number of nitrogens with zero attached hydrogens (tertiary/aromatic N) is 1. The van der Waals surface area contributed by atoms with Gasteiger partial charge in [-0.2, -0.15) is 0 Å². The second-order valence-electron chi connectivity index (χ2n) is 5.94. The summed E-state index contributed by atoms with van der Waals surface area (Å²) in [6, 6.07) is 3.61. The minimum absolute atomic E-state index is 0.0996. The van der Waals surface area contributed by atoms with Crippen LogP contribution in [0.5, 0.6) is 0 Å². The van der Waals surface area contributed by atoms with Crippen LogP contribution in [-0.4, -0.2) is 60.2 Å². The number of amides is 2. The molecule has 1 aliphatic rings. The van der Waals surface area contributed by atoms with E-state index in [1.165, 1.54) is 23.1 Å². The minimum atomic E-state index is -0.945. The van der Waals surface area contributed by atoms with Crippen molar-refractivity contribution >= 4 is 29.6 Å². The van der Waals surface area contributed by atoms with Crippen LogP contribution in [0.3, 0.4) is 0 Å². The van der Waals surface area contributed by atoms with Crippen LogP contribution in [0.1, 0.15) is 41.0 Å². The Hall–Kier alpha value is -3.10. The lowest BCUT2D eigenvalue weighted by molar-refractivity contribution is -0.141. The molecule has 2 rings (SSSR count). The van der Waals surface area contributed by atoms with E-state index in [1.807, 2.05) is 0 Å². The van der Waals surface area contributed by atoms with E-state index in [0.29, 0.717) is 13.0 Å². The van der Waals surface area contributed by atoms with Gasteiger partial charge in [-0.15, -0.1) is 0 Å². The number of likely N-dealkylation sites (tertiary alicyclic amines) is 1. The number of carbonyl (C=O) groups excluding carboxylic acids is 3. The topological polar surface area (TPSA) is 122 Å². The van der Waals surface area contributed by atoms with E-state index >= 15 is 0 Å². The SMILES string of the molecule is CCOC(=O)c1cc(NC(=O)N2CCC(C(=O)O)C2)cc(C(=O)OCC)c1. The predicted octanol–water partition coefficient (Wildman–Crippen LogP) is 1.98. The Labute approximate surface area is 156 Å². The molecule has 1 heterocycles. The van der Waals surface area contributed by atoms with Gasteiger partial charge in [0.05, 0.1) is 30.3 Å². The van der Waals surface area contributed by atoms with Crippen molar-refractivity contribution in [1.82, 2.24) is 4.90 Å². The van der Waals surface area contributed by atoms with Crippen LogP contribution in [0.25, 0.3) is 0 Å². The van der Waals surface area contributed by atoms with Gasteiger partial charge in [0.1, 0.15) is 0 Å². The highest BCUT2D eigenvalue weighted by atomic mass is 16.5. The maximum atomic E-state index is 12.4. The monoisotopic (exact) mass is 378 g/mol. The highest BCUT2D eigenvalue weighted by Gasteiger charge is 2.31. The first-order valence-electron chi connectivity index (χ1n) is 8.63. The lowest BCUT2D eigenvalue weighted by Crippen LogP contribution is -2.33. The van der Waals surface area contributed by atoms with Gasteiger partial charge >= 0.3 is 23.9 Å². The fourth-order valence-corrected chi connectivity index (χ4v) is 2.71. The van der Waals surface area contributed by atoms with Crippen molar-refractivity contribution in [3.63, 3.8) is 0 Å². The van der Waals surface area contributed by atoms with E-state index < -0.39 is 29.9 Å². The first kappa shape index (κ1) is 20.2. The number of nitrogens with one attached hydrogen (secondary N) is 1. The molecule has 0 bridgehead atoms. The molecule has 2 N–H and O–H groups in total. The van der Waals surface area contributed by atoms with Gasteiger partial charge in [-0.3, -0.25) is 4.79 Å². The van der Waals surface area contributed by atoms with E-state index in [1.54, 1.807) is 13.8 Å². The average Bonchev–Trinajstić information content (AvgIpc) is 3.12. The number of urea groups is 1. The summed E-state index contributed by atoms with van der Waals surface area (Å²) in [6.07, 6.45) is 0.375. The summed E-state index contributed by atoms with van der Waals surface area (Å²) in [4.78, 5) is 48.8. The van der Waals surface area contributed by atoms with Gasteiger partial charge in [-0.1, -0.05) is 0 Å². The van der Waals surface area contributed by atoms with Crippen molar-refractivity contribution in [3.8, 4) is 0 Å². The van der Waals surface area contributed by atoms with Crippen molar-refractivity contribution in [2.24, 2.45) is 5.92 Å². The number of hydrogen-bond acceptors (Lipinski definition) is 6. The number of rotatable bonds is 6. The fraction of sp³-hybridized carbons (Fsp3) is 0.444. The van der Waals surface area contributed by atoms with Gasteiger partial charge in [0.15, 0.2) is 0 Å². The first-order chi connectivity index (χ1) is 12.8. The maximum Gasteiger partial charge on any atom is 0.338 e. The third kappa shape index (κ3) is 5.19. The maximum absolute atomic E-state index is 12.4. The van der Waals surface area contributed by atoms with Gasteiger partial charge in [0.2, 0.25) is 0 Å². The molecular formula is C18H22N2O7. The Morgan fingerprint density at radius 3 is 2.07 bits per heavy atom. The Kier molecular flexibility index (Phi) is 6.75. The molecule has 0 aliphatic carbocycles. The van der Waals surface area contributed by atoms with Crippen LogP contribution in [0.2, 0.25) is 0 Å². The molecule has 0 spiro atoms. The zero-order valence-electron chi connectivity index (χ0n) is 15.2. The second-order valence-corrected chi connectivity index (χ2v) is 5.94. The average molecular weight is 378 g/mol. The van der Waals surface area contributed by atoms with Gasteiger partial charge in [-0.25, -0.2) is 14.4 Å². The summed E-state index contributed by atoms with van der Waals surface area (Å²) < 4.78 is 9.89. The van der Waals surface area contributed by atoms with E-state index in [4.69, 9.17) is 14.6 Å². The molecule has 2 amide bonds. The number of esters is 2. The van der Waals surface area contributed by atoms with Crippen molar-refractivity contribution in [1.29, 1.82) is 0 Å². The number of carbonyl (C=O) groups is 4. The Balaban J connectivity index is 2.21. The van der Waals surface area contributed by atoms with Crippen LogP contribution in [-0.2, 0) is 14.3 Å². The zero-order valence-corrected chi connectivity index (χ0v) is 15.2. The highest BCUT2D eigenvalue weighted by Crippen LogP contribution is 2.21. The second kappa shape index (κ2) is 9.02. The molecule has 9 heteroatoms. The summed E-state index contributed by atoms with van der Waals surface area (Å²) in [5.74, 6) is -2.81. The first-order valence-corrected chi connectivity index (χ1v) is 8.63. The number of aliphatic carboxylic acids is 1. The lowest BCUT2D eigenvalue weighted by Gasteiger charge is -2.17. The normalized spacial score (nSPS) is 15.9. The molecule has 0 radical (unpaired) electrons. The molecule has 0 aromatic heterocycles. The predicted molar refractivity (Wildman–Crippen MR) is 94.7 cm³/mol. The van der Waals surface area contributed by atoms with Gasteiger partial charge in [-0.05, 0) is 38.5 Å². The van der Waals surface area contributed by atoms with E-state index in [9.17, 15) is 19.2 Å². The van der Waals surface area contributed by atoms with E-state index in [2.05, 4.69) is 5.32 Å². The zero-order chi connectivity index (χ0) is 20.0. The van der Waals surface area contributed by atoms with Crippen molar-refractivity contribution in [3.05, 3.63) is 29.3 Å². The van der Waals surface area contributed by atoms with Crippen LogP contribution in [0.4, 0.5) is 10.5 Å². The summed E-state index contributed by atoms with van der Waals surface area (Å²) >= 11 is 0. The number of ether oxygens (including phenoxy) is 2. The van der Waals surface area contributed by atoms with Crippen LogP contribution in [0.15, 0.2) is 18.2 Å². The molecule has 1 unspecified atom stereocenters.